The zero-order valence-electron chi connectivity index (χ0n) is 9.26. The van der Waals surface area contributed by atoms with E-state index in [1.807, 2.05) is 0 Å². The topological polar surface area (TPSA) is 66.4 Å². The van der Waals surface area contributed by atoms with E-state index in [1.54, 1.807) is 0 Å². The number of hydrogen-bond acceptors (Lipinski definition) is 4. The summed E-state index contributed by atoms with van der Waals surface area (Å²) < 4.78 is 43.8. The van der Waals surface area contributed by atoms with Crippen LogP contribution >= 0.6 is 0 Å². The molecule has 7 heteroatoms. The molecule has 0 heterocycles. The number of hydrogen-bond donors (Lipinski definition) is 0. The molecule has 0 saturated heterocycles. The van der Waals surface area contributed by atoms with Gasteiger partial charge in [-0.3, -0.25) is 4.79 Å². The second-order valence-electron chi connectivity index (χ2n) is 3.43. The summed E-state index contributed by atoms with van der Waals surface area (Å²) in [5.41, 5.74) is -0.520. The number of esters is 1. The summed E-state index contributed by atoms with van der Waals surface area (Å²) in [5, 5.41) is 10.3. The summed E-state index contributed by atoms with van der Waals surface area (Å²) in [4.78, 5) is 21.0. The predicted molar refractivity (Wildman–Crippen MR) is 51.0 cm³/mol. The average molecular weight is 261 g/mol. The number of benzene rings is 1. The molecule has 98 valence electrons. The summed E-state index contributed by atoms with van der Waals surface area (Å²) in [6, 6.07) is 0.491. The van der Waals surface area contributed by atoms with Crippen LogP contribution in [0, 0.1) is 17.5 Å². The van der Waals surface area contributed by atoms with Crippen molar-refractivity contribution in [3.8, 4) is 5.75 Å². The highest BCUT2D eigenvalue weighted by Gasteiger charge is 2.20. The van der Waals surface area contributed by atoms with Gasteiger partial charge in [0.25, 0.3) is 0 Å². The van der Waals surface area contributed by atoms with Crippen molar-refractivity contribution in [1.82, 2.24) is 0 Å². The van der Waals surface area contributed by atoms with E-state index in [-0.39, 0.29) is 0 Å². The lowest BCUT2D eigenvalue weighted by atomic mass is 10.1. The first-order valence-corrected chi connectivity index (χ1v) is 4.87. The fourth-order valence-electron chi connectivity index (χ4n) is 1.32. The van der Waals surface area contributed by atoms with Crippen LogP contribution in [0.2, 0.25) is 0 Å². The molecule has 1 aromatic rings. The summed E-state index contributed by atoms with van der Waals surface area (Å²) in [7, 11) is 0. The van der Waals surface area contributed by atoms with E-state index >= 15 is 0 Å². The molecular weight excluding hydrogens is 253 g/mol. The summed E-state index contributed by atoms with van der Waals surface area (Å²) >= 11 is 0. The Hall–Kier alpha value is -2.05. The first kappa shape index (κ1) is 14.0. The Bertz CT molecular complexity index is 500. The van der Waals surface area contributed by atoms with Crippen LogP contribution in [0.3, 0.4) is 0 Å². The zero-order chi connectivity index (χ0) is 13.9. The van der Waals surface area contributed by atoms with Crippen LogP contribution < -0.4 is 9.84 Å². The molecule has 0 saturated carbocycles. The van der Waals surface area contributed by atoms with Crippen LogP contribution in [-0.2, 0) is 16.0 Å². The molecule has 0 aliphatic heterocycles. The number of rotatable bonds is 4. The number of halogens is 3. The Morgan fingerprint density at radius 2 is 1.89 bits per heavy atom. The van der Waals surface area contributed by atoms with Crippen LogP contribution in [-0.4, -0.2) is 11.9 Å². The fourth-order valence-corrected chi connectivity index (χ4v) is 1.32. The van der Waals surface area contributed by atoms with Gasteiger partial charge >= 0.3 is 5.97 Å². The molecule has 0 spiro atoms. The van der Waals surface area contributed by atoms with Crippen molar-refractivity contribution in [1.29, 1.82) is 0 Å². The first-order chi connectivity index (χ1) is 8.32. The third-order valence-corrected chi connectivity index (χ3v) is 2.06. The van der Waals surface area contributed by atoms with Gasteiger partial charge in [-0.15, -0.1) is 0 Å². The smallest absolute Gasteiger partial charge is 0.308 e. The molecule has 0 amide bonds. The first-order valence-electron chi connectivity index (χ1n) is 4.87. The third-order valence-electron chi connectivity index (χ3n) is 2.06. The minimum Gasteiger partial charge on any atom is -0.550 e. The maximum Gasteiger partial charge on any atom is 0.308 e. The molecule has 18 heavy (non-hydrogen) atoms. The average Bonchev–Trinajstić information content (AvgIpc) is 2.24. The molecule has 1 aromatic carbocycles. The molecule has 0 unspecified atom stereocenters. The quantitative estimate of drug-likeness (QED) is 0.455. The molecule has 0 aliphatic rings. The highest BCUT2D eigenvalue weighted by atomic mass is 19.2. The Morgan fingerprint density at radius 1 is 1.28 bits per heavy atom. The van der Waals surface area contributed by atoms with Crippen LogP contribution in [0.4, 0.5) is 13.2 Å². The van der Waals surface area contributed by atoms with Crippen molar-refractivity contribution in [3.05, 3.63) is 29.1 Å². The number of ether oxygens (including phenoxy) is 1. The lowest BCUT2D eigenvalue weighted by Crippen LogP contribution is -2.23. The number of carboxylic acids is 1. The van der Waals surface area contributed by atoms with E-state index in [9.17, 15) is 27.9 Å². The zero-order valence-corrected chi connectivity index (χ0v) is 9.26. The third kappa shape index (κ3) is 3.22. The molecule has 1 rings (SSSR count). The Morgan fingerprint density at radius 3 is 2.39 bits per heavy atom. The normalized spacial score (nSPS) is 10.2. The van der Waals surface area contributed by atoms with E-state index in [1.165, 1.54) is 0 Å². The molecule has 4 nitrogen and oxygen atoms in total. The molecule has 0 atom stereocenters. The molecule has 0 bridgehead atoms. The van der Waals surface area contributed by atoms with E-state index in [0.29, 0.717) is 6.07 Å². The maximum absolute atomic E-state index is 13.4. The van der Waals surface area contributed by atoms with Crippen molar-refractivity contribution < 1.29 is 32.6 Å². The summed E-state index contributed by atoms with van der Waals surface area (Å²) in [6.45, 7) is 0.988. The lowest BCUT2D eigenvalue weighted by molar-refractivity contribution is -0.305. The molecule has 0 aromatic heterocycles. The largest absolute Gasteiger partial charge is 0.550 e. The SMILES string of the molecule is CC(=O)Oc1cc(F)c(F)c(F)c1CCC(=O)[O-]. The van der Waals surface area contributed by atoms with Gasteiger partial charge in [0.2, 0.25) is 0 Å². The highest BCUT2D eigenvalue weighted by Crippen LogP contribution is 2.27. The summed E-state index contributed by atoms with van der Waals surface area (Å²) in [6.07, 6.45) is -1.09. The van der Waals surface area contributed by atoms with Crippen LogP contribution in [0.25, 0.3) is 0 Å². The van der Waals surface area contributed by atoms with Crippen molar-refractivity contribution in [2.45, 2.75) is 19.8 Å². The van der Waals surface area contributed by atoms with Crippen LogP contribution in [0.1, 0.15) is 18.9 Å². The van der Waals surface area contributed by atoms with Crippen LogP contribution in [0.15, 0.2) is 6.07 Å². The van der Waals surface area contributed by atoms with Gasteiger partial charge in [-0.05, 0) is 12.8 Å². The van der Waals surface area contributed by atoms with Gasteiger partial charge in [0.05, 0.1) is 0 Å². The van der Waals surface area contributed by atoms with Gasteiger partial charge < -0.3 is 14.6 Å². The van der Waals surface area contributed by atoms with Gasteiger partial charge in [0, 0.05) is 24.5 Å². The van der Waals surface area contributed by atoms with Crippen molar-refractivity contribution in [2.75, 3.05) is 0 Å². The maximum atomic E-state index is 13.4. The lowest BCUT2D eigenvalue weighted by Gasteiger charge is -2.11. The van der Waals surface area contributed by atoms with Gasteiger partial charge in [0.1, 0.15) is 5.75 Å². The van der Waals surface area contributed by atoms with Crippen molar-refractivity contribution in [2.24, 2.45) is 0 Å². The monoisotopic (exact) mass is 261 g/mol. The molecule has 0 radical (unpaired) electrons. The molecule has 0 N–H and O–H groups in total. The molecule has 0 fully saturated rings. The molecular formula is C11H8F3O4-. The second-order valence-corrected chi connectivity index (χ2v) is 3.43. The predicted octanol–water partition coefficient (Wildman–Crippen LogP) is 0.712. The second kappa shape index (κ2) is 5.52. The Kier molecular flexibility index (Phi) is 4.30. The van der Waals surface area contributed by atoms with E-state index in [4.69, 9.17) is 0 Å². The fraction of sp³-hybridized carbons (Fsp3) is 0.273. The van der Waals surface area contributed by atoms with E-state index in [2.05, 4.69) is 4.74 Å². The van der Waals surface area contributed by atoms with Gasteiger partial charge in [0.15, 0.2) is 17.5 Å². The van der Waals surface area contributed by atoms with E-state index < -0.39 is 53.5 Å². The number of carbonyl (C=O) groups excluding carboxylic acids is 2. The van der Waals surface area contributed by atoms with Gasteiger partial charge in [-0.25, -0.2) is 13.2 Å². The molecule has 0 aliphatic carbocycles. The number of carbonyl (C=O) groups is 2. The minimum atomic E-state index is -1.75. The van der Waals surface area contributed by atoms with Gasteiger partial charge in [-0.2, -0.15) is 0 Å². The standard InChI is InChI=1S/C11H9F3O4/c1-5(15)18-8-4-7(12)11(14)10(13)6(8)2-3-9(16)17/h4H,2-3H2,1H3,(H,16,17)/p-1. The highest BCUT2D eigenvalue weighted by molar-refractivity contribution is 5.70. The van der Waals surface area contributed by atoms with Crippen molar-refractivity contribution >= 4 is 11.9 Å². The minimum absolute atomic E-state index is 0.478. The van der Waals surface area contributed by atoms with Crippen LogP contribution in [0.5, 0.6) is 5.75 Å². The summed E-state index contributed by atoms with van der Waals surface area (Å²) in [5.74, 6) is -7.75. The Labute approximate surface area is 100.0 Å². The van der Waals surface area contributed by atoms with Crippen molar-refractivity contribution in [3.63, 3.8) is 0 Å². The Balaban J connectivity index is 3.20. The number of carboxylic acid groups (broad SMARTS) is 1. The van der Waals surface area contributed by atoms with Gasteiger partial charge in [-0.1, -0.05) is 0 Å². The van der Waals surface area contributed by atoms with E-state index in [0.717, 1.165) is 6.92 Å². The number of aliphatic carboxylic acids is 1.